The lowest BCUT2D eigenvalue weighted by molar-refractivity contribution is 0.0655. The number of benzene rings is 2. The number of hydrogen-bond acceptors (Lipinski definition) is 3. The summed E-state index contributed by atoms with van der Waals surface area (Å²) >= 11 is 0. The van der Waals surface area contributed by atoms with E-state index in [0.717, 1.165) is 23.3 Å². The van der Waals surface area contributed by atoms with Crippen LogP contribution in [-0.2, 0) is 6.42 Å². The average Bonchev–Trinajstić information content (AvgIpc) is 2.54. The molecule has 3 nitrogen and oxygen atoms in total. The highest BCUT2D eigenvalue weighted by Gasteiger charge is 2.28. The number of aryl methyl sites for hydroxylation is 1. The maximum atomic E-state index is 10.3. The molecule has 1 heterocycles. The highest BCUT2D eigenvalue weighted by molar-refractivity contribution is 5.44. The molecule has 21 heavy (non-hydrogen) atoms. The van der Waals surface area contributed by atoms with Gasteiger partial charge in [-0.05, 0) is 29.7 Å². The largest absolute Gasteiger partial charge is 0.497 e. The Bertz CT molecular complexity index is 619. The third-order valence-electron chi connectivity index (χ3n) is 4.05. The molecule has 1 aliphatic rings. The van der Waals surface area contributed by atoms with Crippen molar-refractivity contribution >= 4 is 0 Å². The summed E-state index contributed by atoms with van der Waals surface area (Å²) in [4.78, 5) is 0. The quantitative estimate of drug-likeness (QED) is 0.931. The topological polar surface area (TPSA) is 38.7 Å². The van der Waals surface area contributed by atoms with E-state index in [0.29, 0.717) is 12.2 Å². The summed E-state index contributed by atoms with van der Waals surface area (Å²) in [5.74, 6) is 1.44. The van der Waals surface area contributed by atoms with Gasteiger partial charge in [0.2, 0.25) is 0 Å². The molecule has 2 unspecified atom stereocenters. The van der Waals surface area contributed by atoms with Gasteiger partial charge >= 0.3 is 0 Å². The molecule has 2 aromatic carbocycles. The Morgan fingerprint density at radius 2 is 1.95 bits per heavy atom. The Kier molecular flexibility index (Phi) is 3.84. The smallest absolute Gasteiger partial charge is 0.129 e. The van der Waals surface area contributed by atoms with Crippen LogP contribution in [0.15, 0.2) is 42.5 Å². The number of aliphatic hydroxyl groups excluding tert-OH is 1. The second kappa shape index (κ2) is 5.78. The molecule has 0 fully saturated rings. The van der Waals surface area contributed by atoms with Crippen LogP contribution in [0.1, 0.15) is 42.2 Å². The first kappa shape index (κ1) is 14.0. The zero-order chi connectivity index (χ0) is 14.8. The highest BCUT2D eigenvalue weighted by atomic mass is 16.5. The SMILES string of the molecule is CCc1ccc(C2CC(O)c3ccc(OC)cc3O2)cc1. The summed E-state index contributed by atoms with van der Waals surface area (Å²) in [5.41, 5.74) is 3.23. The van der Waals surface area contributed by atoms with Gasteiger partial charge in [-0.15, -0.1) is 0 Å². The van der Waals surface area contributed by atoms with Gasteiger partial charge < -0.3 is 14.6 Å². The molecule has 0 saturated heterocycles. The normalized spacial score (nSPS) is 20.5. The van der Waals surface area contributed by atoms with Crippen LogP contribution >= 0.6 is 0 Å². The van der Waals surface area contributed by atoms with Crippen molar-refractivity contribution in [2.75, 3.05) is 7.11 Å². The van der Waals surface area contributed by atoms with Crippen LogP contribution in [0.5, 0.6) is 11.5 Å². The molecule has 1 N–H and O–H groups in total. The third kappa shape index (κ3) is 2.74. The van der Waals surface area contributed by atoms with Crippen LogP contribution in [-0.4, -0.2) is 12.2 Å². The molecule has 2 atom stereocenters. The molecular formula is C18H20O3. The number of ether oxygens (including phenoxy) is 2. The molecule has 110 valence electrons. The fraction of sp³-hybridized carbons (Fsp3) is 0.333. The van der Waals surface area contributed by atoms with Gasteiger partial charge in [0.05, 0.1) is 13.2 Å². The minimum atomic E-state index is -0.504. The second-order valence-electron chi connectivity index (χ2n) is 5.36. The molecule has 1 aliphatic heterocycles. The number of fused-ring (bicyclic) bond motifs is 1. The van der Waals surface area contributed by atoms with Gasteiger partial charge in [0, 0.05) is 18.1 Å². The molecule has 0 radical (unpaired) electrons. The standard InChI is InChI=1S/C18H20O3/c1-3-12-4-6-13(7-5-12)17-11-16(19)15-9-8-14(20-2)10-18(15)21-17/h4-10,16-17,19H,3,11H2,1-2H3. The van der Waals surface area contributed by atoms with E-state index in [1.54, 1.807) is 7.11 Å². The predicted octanol–water partition coefficient (Wildman–Crippen LogP) is 3.81. The first-order valence-corrected chi connectivity index (χ1v) is 7.32. The Morgan fingerprint density at radius 1 is 1.19 bits per heavy atom. The van der Waals surface area contributed by atoms with Crippen LogP contribution in [0.4, 0.5) is 0 Å². The van der Waals surface area contributed by atoms with Crippen LogP contribution in [0.2, 0.25) is 0 Å². The van der Waals surface area contributed by atoms with Crippen LogP contribution in [0.3, 0.4) is 0 Å². The van der Waals surface area contributed by atoms with E-state index in [-0.39, 0.29) is 6.10 Å². The zero-order valence-electron chi connectivity index (χ0n) is 12.4. The number of hydrogen-bond donors (Lipinski definition) is 1. The van der Waals surface area contributed by atoms with E-state index >= 15 is 0 Å². The van der Waals surface area contributed by atoms with Crippen molar-refractivity contribution in [3.63, 3.8) is 0 Å². The molecule has 0 aromatic heterocycles. The molecule has 0 amide bonds. The van der Waals surface area contributed by atoms with Gasteiger partial charge in [-0.25, -0.2) is 0 Å². The summed E-state index contributed by atoms with van der Waals surface area (Å²) in [7, 11) is 1.63. The third-order valence-corrected chi connectivity index (χ3v) is 4.05. The molecule has 3 heteroatoms. The first-order valence-electron chi connectivity index (χ1n) is 7.32. The predicted molar refractivity (Wildman–Crippen MR) is 81.8 cm³/mol. The fourth-order valence-corrected chi connectivity index (χ4v) is 2.72. The lowest BCUT2D eigenvalue weighted by Gasteiger charge is -2.30. The van der Waals surface area contributed by atoms with E-state index in [1.807, 2.05) is 18.2 Å². The van der Waals surface area contributed by atoms with Crippen molar-refractivity contribution in [3.8, 4) is 11.5 Å². The molecular weight excluding hydrogens is 264 g/mol. The monoisotopic (exact) mass is 284 g/mol. The molecule has 0 saturated carbocycles. The maximum absolute atomic E-state index is 10.3. The molecule has 3 rings (SSSR count). The second-order valence-corrected chi connectivity index (χ2v) is 5.36. The number of rotatable bonds is 3. The maximum Gasteiger partial charge on any atom is 0.129 e. The number of aliphatic hydroxyl groups is 1. The van der Waals surface area contributed by atoms with Gasteiger partial charge in [0.25, 0.3) is 0 Å². The van der Waals surface area contributed by atoms with Gasteiger partial charge in [0.1, 0.15) is 17.6 Å². The number of methoxy groups -OCH3 is 1. The first-order chi connectivity index (χ1) is 10.2. The van der Waals surface area contributed by atoms with Gasteiger partial charge in [-0.3, -0.25) is 0 Å². The van der Waals surface area contributed by atoms with E-state index < -0.39 is 6.10 Å². The Balaban J connectivity index is 1.89. The van der Waals surface area contributed by atoms with Crippen molar-refractivity contribution < 1.29 is 14.6 Å². The average molecular weight is 284 g/mol. The van der Waals surface area contributed by atoms with Crippen LogP contribution in [0.25, 0.3) is 0 Å². The molecule has 0 bridgehead atoms. The summed E-state index contributed by atoms with van der Waals surface area (Å²) in [6.07, 6.45) is 0.972. The lowest BCUT2D eigenvalue weighted by atomic mass is 9.94. The summed E-state index contributed by atoms with van der Waals surface area (Å²) < 4.78 is 11.3. The van der Waals surface area contributed by atoms with Gasteiger partial charge in [-0.1, -0.05) is 31.2 Å². The Labute approximate surface area is 125 Å². The summed E-state index contributed by atoms with van der Waals surface area (Å²) in [6.45, 7) is 2.14. The van der Waals surface area contributed by atoms with Gasteiger partial charge in [0.15, 0.2) is 0 Å². The van der Waals surface area contributed by atoms with Crippen molar-refractivity contribution in [3.05, 3.63) is 59.2 Å². The van der Waals surface area contributed by atoms with E-state index in [9.17, 15) is 5.11 Å². The van der Waals surface area contributed by atoms with Crippen molar-refractivity contribution in [2.45, 2.75) is 32.0 Å². The minimum absolute atomic E-state index is 0.120. The fourth-order valence-electron chi connectivity index (χ4n) is 2.72. The summed E-state index contributed by atoms with van der Waals surface area (Å²) in [5, 5.41) is 10.3. The van der Waals surface area contributed by atoms with E-state index in [2.05, 4.69) is 31.2 Å². The Hall–Kier alpha value is -2.00. The molecule has 2 aromatic rings. The van der Waals surface area contributed by atoms with Gasteiger partial charge in [-0.2, -0.15) is 0 Å². The zero-order valence-corrected chi connectivity index (χ0v) is 12.4. The molecule has 0 spiro atoms. The van der Waals surface area contributed by atoms with Crippen molar-refractivity contribution in [1.29, 1.82) is 0 Å². The Morgan fingerprint density at radius 3 is 2.62 bits per heavy atom. The molecule has 0 aliphatic carbocycles. The van der Waals surface area contributed by atoms with Crippen LogP contribution < -0.4 is 9.47 Å². The van der Waals surface area contributed by atoms with E-state index in [4.69, 9.17) is 9.47 Å². The lowest BCUT2D eigenvalue weighted by Crippen LogP contribution is -2.19. The highest BCUT2D eigenvalue weighted by Crippen LogP contribution is 2.42. The minimum Gasteiger partial charge on any atom is -0.497 e. The van der Waals surface area contributed by atoms with Crippen molar-refractivity contribution in [1.82, 2.24) is 0 Å². The summed E-state index contributed by atoms with van der Waals surface area (Å²) in [6, 6.07) is 14.0. The van der Waals surface area contributed by atoms with Crippen molar-refractivity contribution in [2.24, 2.45) is 0 Å². The van der Waals surface area contributed by atoms with E-state index in [1.165, 1.54) is 5.56 Å². The van der Waals surface area contributed by atoms with Crippen LogP contribution in [0, 0.1) is 0 Å².